The minimum Gasteiger partial charge on any atom is -0.489 e. The molecule has 4 rings (SSSR count). The molecule has 2 N–H and O–H groups in total. The first kappa shape index (κ1) is 22.3. The second-order valence-electron chi connectivity index (χ2n) is 9.07. The summed E-state index contributed by atoms with van der Waals surface area (Å²) in [6.45, 7) is 3.73. The van der Waals surface area contributed by atoms with Crippen LogP contribution in [-0.4, -0.2) is 39.9 Å². The number of benzene rings is 2. The van der Waals surface area contributed by atoms with E-state index in [-0.39, 0.29) is 17.9 Å². The highest BCUT2D eigenvalue weighted by atomic mass is 32.1. The summed E-state index contributed by atoms with van der Waals surface area (Å²) in [4.78, 5) is 0. The number of hydrogen-bond acceptors (Lipinski definition) is 5. The molecular formula is C26H32O4S. The average Bonchev–Trinajstić information content (AvgIpc) is 3.25. The molecule has 166 valence electrons. The average molecular weight is 441 g/mol. The topological polar surface area (TPSA) is 58.9 Å². The molecule has 0 radical (unpaired) electrons. The first-order chi connectivity index (χ1) is 14.9. The molecule has 1 aliphatic heterocycles. The van der Waals surface area contributed by atoms with Crippen LogP contribution in [0, 0.1) is 5.92 Å². The van der Waals surface area contributed by atoms with Crippen molar-refractivity contribution in [3.8, 4) is 11.5 Å². The lowest BCUT2D eigenvalue weighted by Crippen LogP contribution is -2.41. The lowest BCUT2D eigenvalue weighted by Gasteiger charge is -2.30. The molecule has 31 heavy (non-hydrogen) atoms. The minimum atomic E-state index is -0.817. The van der Waals surface area contributed by atoms with Gasteiger partial charge < -0.3 is 19.7 Å². The lowest BCUT2D eigenvalue weighted by atomic mass is 9.86. The lowest BCUT2D eigenvalue weighted by molar-refractivity contribution is -0.00221. The number of aliphatic hydroxyl groups is 2. The number of ether oxygens (including phenoxy) is 2. The van der Waals surface area contributed by atoms with Gasteiger partial charge in [-0.15, -0.1) is 0 Å². The summed E-state index contributed by atoms with van der Waals surface area (Å²) in [6, 6.07) is 15.8. The van der Waals surface area contributed by atoms with Gasteiger partial charge in [0.25, 0.3) is 0 Å². The van der Waals surface area contributed by atoms with E-state index in [1.807, 2.05) is 50.3 Å². The molecule has 1 heterocycles. The van der Waals surface area contributed by atoms with Gasteiger partial charge in [-0.25, -0.2) is 0 Å². The van der Waals surface area contributed by atoms with E-state index >= 15 is 0 Å². The third-order valence-corrected chi connectivity index (χ3v) is 6.76. The predicted octanol–water partition coefficient (Wildman–Crippen LogP) is 4.55. The van der Waals surface area contributed by atoms with Crippen molar-refractivity contribution in [2.45, 2.75) is 62.9 Å². The number of fused-ring (bicyclic) bond motifs is 3. The number of aryl methyl sites for hydroxylation is 1. The van der Waals surface area contributed by atoms with E-state index in [1.165, 1.54) is 11.1 Å². The van der Waals surface area contributed by atoms with Crippen molar-refractivity contribution >= 4 is 12.6 Å². The van der Waals surface area contributed by atoms with Gasteiger partial charge in [-0.1, -0.05) is 48.6 Å². The molecule has 0 unspecified atom stereocenters. The molecule has 2 aliphatic rings. The van der Waals surface area contributed by atoms with Crippen LogP contribution in [0.4, 0.5) is 0 Å². The first-order valence-electron chi connectivity index (χ1n) is 11.1. The highest BCUT2D eigenvalue weighted by Gasteiger charge is 2.49. The molecule has 0 bridgehead atoms. The Hall–Kier alpha value is -1.95. The zero-order valence-corrected chi connectivity index (χ0v) is 19.0. The molecule has 2 aromatic rings. The summed E-state index contributed by atoms with van der Waals surface area (Å²) in [7, 11) is 0. The van der Waals surface area contributed by atoms with E-state index in [9.17, 15) is 10.2 Å². The summed E-state index contributed by atoms with van der Waals surface area (Å²) in [5.74, 6) is 2.54. The Bertz CT molecular complexity index is 911. The molecule has 5 atom stereocenters. The van der Waals surface area contributed by atoms with Gasteiger partial charge in [-0.3, -0.25) is 0 Å². The zero-order valence-electron chi connectivity index (χ0n) is 18.1. The van der Waals surface area contributed by atoms with Crippen LogP contribution in [0.2, 0.25) is 0 Å². The molecule has 1 fully saturated rings. The van der Waals surface area contributed by atoms with Crippen LogP contribution in [-0.2, 0) is 6.42 Å². The molecule has 0 amide bonds. The second-order valence-corrected chi connectivity index (χ2v) is 9.52. The fourth-order valence-corrected chi connectivity index (χ4v) is 4.91. The Kier molecular flexibility index (Phi) is 6.65. The normalized spacial score (nSPS) is 25.8. The maximum Gasteiger partial charge on any atom is 0.133 e. The van der Waals surface area contributed by atoms with E-state index in [1.54, 1.807) is 6.08 Å². The van der Waals surface area contributed by atoms with E-state index in [0.717, 1.165) is 24.3 Å². The van der Waals surface area contributed by atoms with Crippen LogP contribution in [0.5, 0.6) is 11.5 Å². The summed E-state index contributed by atoms with van der Waals surface area (Å²) in [5.41, 5.74) is 1.59. The van der Waals surface area contributed by atoms with Gasteiger partial charge in [-0.05, 0) is 50.1 Å². The molecular weight excluding hydrogens is 408 g/mol. The maximum absolute atomic E-state index is 10.8. The zero-order chi connectivity index (χ0) is 22.0. The van der Waals surface area contributed by atoms with Crippen LogP contribution in [0.15, 0.2) is 60.7 Å². The molecule has 4 nitrogen and oxygen atoms in total. The largest absolute Gasteiger partial charge is 0.489 e. The third-order valence-electron chi connectivity index (χ3n) is 6.44. The standard InChI is InChI=1S/C26H32O4S/c1-26(2,30-18-10-4-3-5-11-18)23(28)14-13-19-21(27)16-22-24(19)20-12-6-8-17(9-7-15-31)25(20)29-22/h3-6,8,10-14,19,21-24,27-28,31H,7,9,15-16H2,1-2H3/t19-,21+,22-,23+,24-/m0/s1. The van der Waals surface area contributed by atoms with Gasteiger partial charge >= 0.3 is 0 Å². The molecule has 1 aliphatic carbocycles. The molecule has 1 saturated carbocycles. The Balaban J connectivity index is 1.51. The molecule has 0 saturated heterocycles. The Labute approximate surface area is 190 Å². The maximum atomic E-state index is 10.8. The quantitative estimate of drug-likeness (QED) is 0.416. The Morgan fingerprint density at radius 2 is 1.97 bits per heavy atom. The smallest absolute Gasteiger partial charge is 0.133 e. The fraction of sp³-hybridized carbons (Fsp3) is 0.462. The van der Waals surface area contributed by atoms with E-state index < -0.39 is 17.8 Å². The number of hydrogen-bond donors (Lipinski definition) is 3. The highest BCUT2D eigenvalue weighted by Crippen LogP contribution is 2.52. The van der Waals surface area contributed by atoms with Crippen molar-refractivity contribution in [3.63, 3.8) is 0 Å². The monoisotopic (exact) mass is 440 g/mol. The second kappa shape index (κ2) is 9.27. The Morgan fingerprint density at radius 1 is 1.19 bits per heavy atom. The van der Waals surface area contributed by atoms with Crippen LogP contribution in [0.1, 0.15) is 43.7 Å². The minimum absolute atomic E-state index is 0.0254. The van der Waals surface area contributed by atoms with E-state index in [4.69, 9.17) is 9.47 Å². The predicted molar refractivity (Wildman–Crippen MR) is 126 cm³/mol. The number of rotatable bonds is 8. The fourth-order valence-electron chi connectivity index (χ4n) is 4.75. The van der Waals surface area contributed by atoms with E-state index in [0.29, 0.717) is 12.2 Å². The number of para-hydroxylation sites is 2. The van der Waals surface area contributed by atoms with Crippen LogP contribution in [0.25, 0.3) is 0 Å². The van der Waals surface area contributed by atoms with Gasteiger partial charge in [0, 0.05) is 23.8 Å². The molecule has 0 spiro atoms. The van der Waals surface area contributed by atoms with Crippen LogP contribution >= 0.6 is 12.6 Å². The van der Waals surface area contributed by atoms with Crippen molar-refractivity contribution in [3.05, 3.63) is 71.8 Å². The van der Waals surface area contributed by atoms with Crippen molar-refractivity contribution in [1.82, 2.24) is 0 Å². The van der Waals surface area contributed by atoms with Gasteiger partial charge in [0.1, 0.15) is 29.3 Å². The number of thiol groups is 1. The van der Waals surface area contributed by atoms with Crippen LogP contribution in [0.3, 0.4) is 0 Å². The van der Waals surface area contributed by atoms with Gasteiger partial charge in [0.2, 0.25) is 0 Å². The van der Waals surface area contributed by atoms with E-state index in [2.05, 4.69) is 30.8 Å². The number of aliphatic hydroxyl groups excluding tert-OH is 2. The summed E-state index contributed by atoms with van der Waals surface area (Å²) >= 11 is 4.33. The molecule has 2 aromatic carbocycles. The van der Waals surface area contributed by atoms with Gasteiger partial charge in [0.15, 0.2) is 0 Å². The molecule has 0 aromatic heterocycles. The van der Waals surface area contributed by atoms with Crippen molar-refractivity contribution < 1.29 is 19.7 Å². The summed E-state index contributed by atoms with van der Waals surface area (Å²) in [5, 5.41) is 21.6. The van der Waals surface area contributed by atoms with Crippen LogP contribution < -0.4 is 9.47 Å². The van der Waals surface area contributed by atoms with Gasteiger partial charge in [-0.2, -0.15) is 12.6 Å². The SMILES string of the molecule is CC(C)(Oc1ccccc1)[C@H](O)C=C[C@@H]1[C@H]2c3cccc(CCCS)c3O[C@H]2C[C@H]1O. The molecule has 5 heteroatoms. The van der Waals surface area contributed by atoms with Crippen molar-refractivity contribution in [2.24, 2.45) is 5.92 Å². The van der Waals surface area contributed by atoms with Crippen molar-refractivity contribution in [1.29, 1.82) is 0 Å². The first-order valence-corrected chi connectivity index (χ1v) is 11.7. The Morgan fingerprint density at radius 3 is 2.71 bits per heavy atom. The van der Waals surface area contributed by atoms with Gasteiger partial charge in [0.05, 0.1) is 6.10 Å². The summed E-state index contributed by atoms with van der Waals surface area (Å²) in [6.07, 6.45) is 4.93. The van der Waals surface area contributed by atoms with Crippen molar-refractivity contribution in [2.75, 3.05) is 5.75 Å². The third kappa shape index (κ3) is 4.64. The highest BCUT2D eigenvalue weighted by molar-refractivity contribution is 7.80. The summed E-state index contributed by atoms with van der Waals surface area (Å²) < 4.78 is 12.3.